The van der Waals surface area contributed by atoms with Crippen molar-refractivity contribution in [2.24, 2.45) is 0 Å². The number of nitrogen functional groups attached to an aromatic ring is 1. The molecule has 0 unspecified atom stereocenters. The first kappa shape index (κ1) is 12.9. The second-order valence-corrected chi connectivity index (χ2v) is 5.00. The molecule has 0 fully saturated rings. The Hall–Kier alpha value is -2.07. The molecule has 0 atom stereocenters. The predicted molar refractivity (Wildman–Crippen MR) is 80.6 cm³/mol. The molecule has 0 aromatic heterocycles. The van der Waals surface area contributed by atoms with Crippen LogP contribution in [0.15, 0.2) is 36.4 Å². The molecule has 1 aliphatic rings. The number of benzene rings is 2. The first-order valence-corrected chi connectivity index (χ1v) is 6.77. The minimum Gasteiger partial charge on any atom is -0.486 e. The summed E-state index contributed by atoms with van der Waals surface area (Å²) in [6.07, 6.45) is 0. The van der Waals surface area contributed by atoms with Gasteiger partial charge in [0.25, 0.3) is 0 Å². The van der Waals surface area contributed by atoms with Crippen molar-refractivity contribution < 1.29 is 9.47 Å². The van der Waals surface area contributed by atoms with Gasteiger partial charge < -0.3 is 20.5 Å². The highest BCUT2D eigenvalue weighted by Crippen LogP contribution is 2.37. The van der Waals surface area contributed by atoms with Gasteiger partial charge in [0.2, 0.25) is 0 Å². The van der Waals surface area contributed by atoms with Gasteiger partial charge in [0.1, 0.15) is 13.2 Å². The number of ether oxygens (including phenoxy) is 2. The average Bonchev–Trinajstić information content (AvgIpc) is 2.47. The lowest BCUT2D eigenvalue weighted by molar-refractivity contribution is 0.172. The Labute approximate surface area is 122 Å². The molecule has 0 aliphatic carbocycles. The van der Waals surface area contributed by atoms with E-state index in [1.165, 1.54) is 0 Å². The van der Waals surface area contributed by atoms with Crippen molar-refractivity contribution in [1.29, 1.82) is 0 Å². The zero-order valence-corrected chi connectivity index (χ0v) is 11.6. The summed E-state index contributed by atoms with van der Waals surface area (Å²) in [5.74, 6) is 1.43. The largest absolute Gasteiger partial charge is 0.486 e. The summed E-state index contributed by atoms with van der Waals surface area (Å²) in [5, 5.41) is 4.02. The van der Waals surface area contributed by atoms with Gasteiger partial charge in [-0.25, -0.2) is 0 Å². The molecule has 20 heavy (non-hydrogen) atoms. The van der Waals surface area contributed by atoms with Gasteiger partial charge in [0, 0.05) is 23.7 Å². The third-order valence-electron chi connectivity index (χ3n) is 3.11. The molecule has 0 bridgehead atoms. The van der Waals surface area contributed by atoms with Crippen LogP contribution in [0.2, 0.25) is 5.02 Å². The zero-order chi connectivity index (χ0) is 13.9. The number of hydrogen-bond acceptors (Lipinski definition) is 4. The summed E-state index contributed by atoms with van der Waals surface area (Å²) in [5.41, 5.74) is 8.62. The molecular formula is C15H15ClN2O2. The lowest BCUT2D eigenvalue weighted by Crippen LogP contribution is -2.16. The predicted octanol–water partition coefficient (Wildman–Crippen LogP) is 3.31. The summed E-state index contributed by atoms with van der Waals surface area (Å²) >= 11 is 5.86. The van der Waals surface area contributed by atoms with Gasteiger partial charge in [0.15, 0.2) is 11.5 Å². The quantitative estimate of drug-likeness (QED) is 0.852. The number of nitrogens with one attached hydrogen (secondary N) is 1. The van der Waals surface area contributed by atoms with Crippen LogP contribution in [0.5, 0.6) is 11.5 Å². The fraction of sp³-hybridized carbons (Fsp3) is 0.200. The van der Waals surface area contributed by atoms with Crippen molar-refractivity contribution in [3.05, 3.63) is 47.0 Å². The number of nitrogens with two attached hydrogens (primary N) is 1. The van der Waals surface area contributed by atoms with Crippen LogP contribution in [0.1, 0.15) is 5.56 Å². The van der Waals surface area contributed by atoms with E-state index in [4.69, 9.17) is 26.8 Å². The van der Waals surface area contributed by atoms with Crippen LogP contribution in [-0.4, -0.2) is 13.2 Å². The maximum absolute atomic E-state index is 6.01. The van der Waals surface area contributed by atoms with Gasteiger partial charge in [-0.15, -0.1) is 0 Å². The molecule has 3 N–H and O–H groups in total. The maximum atomic E-state index is 6.01. The van der Waals surface area contributed by atoms with Crippen molar-refractivity contribution in [2.75, 3.05) is 24.3 Å². The molecule has 0 saturated carbocycles. The summed E-state index contributed by atoms with van der Waals surface area (Å²) < 4.78 is 11.0. The first-order valence-electron chi connectivity index (χ1n) is 6.40. The van der Waals surface area contributed by atoms with E-state index in [1.807, 2.05) is 30.3 Å². The summed E-state index contributed by atoms with van der Waals surface area (Å²) in [4.78, 5) is 0. The van der Waals surface area contributed by atoms with Gasteiger partial charge in [-0.05, 0) is 17.7 Å². The fourth-order valence-corrected chi connectivity index (χ4v) is 2.18. The molecule has 3 rings (SSSR count). The first-order chi connectivity index (χ1) is 9.72. The van der Waals surface area contributed by atoms with Crippen LogP contribution >= 0.6 is 11.6 Å². The Morgan fingerprint density at radius 1 is 1.05 bits per heavy atom. The molecule has 5 heteroatoms. The van der Waals surface area contributed by atoms with E-state index < -0.39 is 0 Å². The topological polar surface area (TPSA) is 56.5 Å². The maximum Gasteiger partial charge on any atom is 0.163 e. The highest BCUT2D eigenvalue weighted by molar-refractivity contribution is 6.30. The molecular weight excluding hydrogens is 276 g/mol. The number of rotatable bonds is 3. The smallest absolute Gasteiger partial charge is 0.163 e. The van der Waals surface area contributed by atoms with Crippen LogP contribution < -0.4 is 20.5 Å². The molecule has 2 aromatic rings. The van der Waals surface area contributed by atoms with Gasteiger partial charge >= 0.3 is 0 Å². The van der Waals surface area contributed by atoms with Crippen LogP contribution in [-0.2, 0) is 6.54 Å². The van der Waals surface area contributed by atoms with Crippen LogP contribution in [0.25, 0.3) is 0 Å². The van der Waals surface area contributed by atoms with Crippen LogP contribution in [0.4, 0.5) is 11.4 Å². The summed E-state index contributed by atoms with van der Waals surface area (Å²) in [6, 6.07) is 11.4. The Kier molecular flexibility index (Phi) is 3.56. The van der Waals surface area contributed by atoms with Gasteiger partial charge in [-0.1, -0.05) is 23.7 Å². The molecule has 104 valence electrons. The Morgan fingerprint density at radius 2 is 1.70 bits per heavy atom. The van der Waals surface area contributed by atoms with E-state index in [0.29, 0.717) is 31.2 Å². The monoisotopic (exact) mass is 290 g/mol. The van der Waals surface area contributed by atoms with Gasteiger partial charge in [-0.3, -0.25) is 0 Å². The minimum absolute atomic E-state index is 0.560. The molecule has 0 amide bonds. The van der Waals surface area contributed by atoms with Crippen molar-refractivity contribution in [3.63, 3.8) is 0 Å². The van der Waals surface area contributed by atoms with E-state index in [1.54, 1.807) is 6.07 Å². The standard InChI is InChI=1S/C15H15ClN2O2/c16-11-3-1-10(2-4-11)9-18-13-8-15-14(7-12(13)17)19-5-6-20-15/h1-4,7-8,18H,5-6,9,17H2. The van der Waals surface area contributed by atoms with E-state index >= 15 is 0 Å². The van der Waals surface area contributed by atoms with Crippen molar-refractivity contribution in [1.82, 2.24) is 0 Å². The SMILES string of the molecule is Nc1cc2c(cc1NCc1ccc(Cl)cc1)OCCO2. The van der Waals surface area contributed by atoms with Crippen molar-refractivity contribution >= 4 is 23.0 Å². The third-order valence-corrected chi connectivity index (χ3v) is 3.36. The van der Waals surface area contributed by atoms with Crippen LogP contribution in [0.3, 0.4) is 0 Å². The average molecular weight is 291 g/mol. The molecule has 0 spiro atoms. The highest BCUT2D eigenvalue weighted by Gasteiger charge is 2.14. The second-order valence-electron chi connectivity index (χ2n) is 4.56. The Morgan fingerprint density at radius 3 is 2.40 bits per heavy atom. The fourth-order valence-electron chi connectivity index (χ4n) is 2.06. The van der Waals surface area contributed by atoms with Gasteiger partial charge in [-0.2, -0.15) is 0 Å². The third kappa shape index (κ3) is 2.75. The normalized spacial score (nSPS) is 13.1. The molecule has 0 radical (unpaired) electrons. The number of halogens is 1. The molecule has 4 nitrogen and oxygen atoms in total. The summed E-state index contributed by atoms with van der Waals surface area (Å²) in [6.45, 7) is 1.79. The number of fused-ring (bicyclic) bond motifs is 1. The van der Waals surface area contributed by atoms with Crippen molar-refractivity contribution in [3.8, 4) is 11.5 Å². The highest BCUT2D eigenvalue weighted by atomic mass is 35.5. The van der Waals surface area contributed by atoms with E-state index in [9.17, 15) is 0 Å². The molecule has 1 aliphatic heterocycles. The van der Waals surface area contributed by atoms with Crippen molar-refractivity contribution in [2.45, 2.75) is 6.54 Å². The second kappa shape index (κ2) is 5.51. The number of hydrogen-bond donors (Lipinski definition) is 2. The van der Waals surface area contributed by atoms with Crippen LogP contribution in [0, 0.1) is 0 Å². The molecule has 0 saturated heterocycles. The molecule has 2 aromatic carbocycles. The summed E-state index contributed by atoms with van der Waals surface area (Å²) in [7, 11) is 0. The number of anilines is 2. The van der Waals surface area contributed by atoms with E-state index in [0.717, 1.165) is 22.0 Å². The Bertz CT molecular complexity index is 614. The van der Waals surface area contributed by atoms with E-state index in [-0.39, 0.29) is 0 Å². The minimum atomic E-state index is 0.560. The zero-order valence-electron chi connectivity index (χ0n) is 10.9. The Balaban J connectivity index is 1.75. The lowest BCUT2D eigenvalue weighted by Gasteiger charge is -2.20. The molecule has 1 heterocycles. The van der Waals surface area contributed by atoms with Gasteiger partial charge in [0.05, 0.1) is 11.4 Å². The lowest BCUT2D eigenvalue weighted by atomic mass is 10.2. The van der Waals surface area contributed by atoms with E-state index in [2.05, 4.69) is 5.32 Å².